The van der Waals surface area contributed by atoms with Crippen LogP contribution in [0.3, 0.4) is 0 Å². The number of benzene rings is 1. The largest absolute Gasteiger partial charge is 0.313 e. The third kappa shape index (κ3) is 4.00. The lowest BCUT2D eigenvalue weighted by molar-refractivity contribution is 0.558. The van der Waals surface area contributed by atoms with Crippen LogP contribution in [0.15, 0.2) is 22.7 Å². The maximum Gasteiger partial charge on any atom is 0.0327 e. The Morgan fingerprint density at radius 3 is 2.69 bits per heavy atom. The maximum absolute atomic E-state index is 3.54. The molecule has 0 saturated carbocycles. The molecule has 1 aromatic carbocycles. The van der Waals surface area contributed by atoms with Gasteiger partial charge in [0.1, 0.15) is 0 Å². The predicted octanol–water partition coefficient (Wildman–Crippen LogP) is 3.82. The molecule has 0 spiro atoms. The van der Waals surface area contributed by atoms with E-state index in [1.165, 1.54) is 11.1 Å². The van der Waals surface area contributed by atoms with Gasteiger partial charge in [-0.05, 0) is 50.6 Å². The molecule has 0 fully saturated rings. The molecule has 1 atom stereocenters. The standard InChI is InChI=1S/C14H18BrN/c1-4-5-6-7-14(16-3)12-8-11(2)9-13(15)10-12/h8-10,14,16H,6-7H2,1-3H3. The highest BCUT2D eigenvalue weighted by atomic mass is 79.9. The van der Waals surface area contributed by atoms with Gasteiger partial charge in [0.15, 0.2) is 0 Å². The van der Waals surface area contributed by atoms with Crippen molar-refractivity contribution in [2.45, 2.75) is 32.7 Å². The average molecular weight is 280 g/mol. The lowest BCUT2D eigenvalue weighted by atomic mass is 10.0. The summed E-state index contributed by atoms with van der Waals surface area (Å²) < 4.78 is 1.14. The summed E-state index contributed by atoms with van der Waals surface area (Å²) in [5.74, 6) is 6.04. The number of hydrogen-bond acceptors (Lipinski definition) is 1. The average Bonchev–Trinajstić information content (AvgIpc) is 2.23. The van der Waals surface area contributed by atoms with Crippen molar-refractivity contribution < 1.29 is 0 Å². The van der Waals surface area contributed by atoms with Gasteiger partial charge in [0.05, 0.1) is 0 Å². The van der Waals surface area contributed by atoms with Crippen LogP contribution >= 0.6 is 15.9 Å². The van der Waals surface area contributed by atoms with E-state index in [1.54, 1.807) is 0 Å². The summed E-state index contributed by atoms with van der Waals surface area (Å²) in [7, 11) is 2.00. The van der Waals surface area contributed by atoms with Crippen LogP contribution in [0.25, 0.3) is 0 Å². The Balaban J connectivity index is 2.80. The van der Waals surface area contributed by atoms with Crippen LogP contribution in [0.5, 0.6) is 0 Å². The van der Waals surface area contributed by atoms with E-state index in [9.17, 15) is 0 Å². The second-order valence-electron chi connectivity index (χ2n) is 3.87. The zero-order chi connectivity index (χ0) is 12.0. The van der Waals surface area contributed by atoms with E-state index in [0.717, 1.165) is 17.3 Å². The fourth-order valence-corrected chi connectivity index (χ4v) is 2.41. The van der Waals surface area contributed by atoms with E-state index in [4.69, 9.17) is 0 Å². The molecular formula is C14H18BrN. The van der Waals surface area contributed by atoms with Gasteiger partial charge in [0.25, 0.3) is 0 Å². The molecule has 0 aromatic heterocycles. The Kier molecular flexibility index (Phi) is 5.59. The van der Waals surface area contributed by atoms with Crippen LogP contribution < -0.4 is 5.32 Å². The van der Waals surface area contributed by atoms with E-state index >= 15 is 0 Å². The zero-order valence-corrected chi connectivity index (χ0v) is 11.7. The Hall–Kier alpha value is -0.780. The lowest BCUT2D eigenvalue weighted by Crippen LogP contribution is -2.16. The molecule has 1 nitrogen and oxygen atoms in total. The first-order chi connectivity index (χ1) is 7.67. The molecular weight excluding hydrogens is 262 g/mol. The van der Waals surface area contributed by atoms with E-state index in [1.807, 2.05) is 14.0 Å². The van der Waals surface area contributed by atoms with Crippen LogP contribution in [0.2, 0.25) is 0 Å². The molecule has 0 aliphatic heterocycles. The van der Waals surface area contributed by atoms with Crippen LogP contribution in [0.1, 0.15) is 36.9 Å². The zero-order valence-electron chi connectivity index (χ0n) is 10.1. The first-order valence-corrected chi connectivity index (χ1v) is 6.30. The monoisotopic (exact) mass is 279 g/mol. The molecule has 0 aliphatic rings. The minimum atomic E-state index is 0.386. The first-order valence-electron chi connectivity index (χ1n) is 5.51. The van der Waals surface area contributed by atoms with Crippen LogP contribution in [0.4, 0.5) is 0 Å². The van der Waals surface area contributed by atoms with Crippen molar-refractivity contribution >= 4 is 15.9 Å². The molecule has 16 heavy (non-hydrogen) atoms. The van der Waals surface area contributed by atoms with Gasteiger partial charge in [0.2, 0.25) is 0 Å². The number of nitrogens with one attached hydrogen (secondary N) is 1. The molecule has 0 bridgehead atoms. The molecule has 1 unspecified atom stereocenters. The molecule has 1 rings (SSSR count). The molecule has 2 heteroatoms. The second-order valence-corrected chi connectivity index (χ2v) is 4.78. The van der Waals surface area contributed by atoms with Gasteiger partial charge in [-0.1, -0.05) is 22.0 Å². The lowest BCUT2D eigenvalue weighted by Gasteiger charge is -2.16. The molecule has 0 saturated heterocycles. The summed E-state index contributed by atoms with van der Waals surface area (Å²) in [6, 6.07) is 6.91. The first kappa shape index (κ1) is 13.3. The molecule has 0 radical (unpaired) electrons. The van der Waals surface area contributed by atoms with Crippen molar-refractivity contribution in [3.05, 3.63) is 33.8 Å². The van der Waals surface area contributed by atoms with Gasteiger partial charge in [-0.3, -0.25) is 0 Å². The van der Waals surface area contributed by atoms with Crippen molar-refractivity contribution in [2.24, 2.45) is 0 Å². The molecule has 0 aliphatic carbocycles. The third-order valence-corrected chi connectivity index (χ3v) is 3.01. The van der Waals surface area contributed by atoms with E-state index in [0.29, 0.717) is 6.04 Å². The summed E-state index contributed by atoms with van der Waals surface area (Å²) in [4.78, 5) is 0. The van der Waals surface area contributed by atoms with Gasteiger partial charge < -0.3 is 5.32 Å². The summed E-state index contributed by atoms with van der Waals surface area (Å²) in [5, 5.41) is 3.34. The van der Waals surface area contributed by atoms with Crippen LogP contribution in [-0.2, 0) is 0 Å². The van der Waals surface area contributed by atoms with Gasteiger partial charge in [-0.25, -0.2) is 0 Å². The second kappa shape index (κ2) is 6.73. The van der Waals surface area contributed by atoms with Gasteiger partial charge in [0, 0.05) is 16.9 Å². The van der Waals surface area contributed by atoms with Crippen molar-refractivity contribution in [3.8, 4) is 11.8 Å². The minimum absolute atomic E-state index is 0.386. The van der Waals surface area contributed by atoms with Gasteiger partial charge in [-0.15, -0.1) is 11.8 Å². The molecule has 86 valence electrons. The van der Waals surface area contributed by atoms with E-state index in [-0.39, 0.29) is 0 Å². The Morgan fingerprint density at radius 1 is 1.38 bits per heavy atom. The number of hydrogen-bond donors (Lipinski definition) is 1. The highest BCUT2D eigenvalue weighted by Gasteiger charge is 2.09. The Bertz CT molecular complexity index is 381. The minimum Gasteiger partial charge on any atom is -0.313 e. The summed E-state index contributed by atoms with van der Waals surface area (Å²) in [5.41, 5.74) is 2.61. The Labute approximate surface area is 107 Å². The van der Waals surface area contributed by atoms with Crippen molar-refractivity contribution in [3.63, 3.8) is 0 Å². The highest BCUT2D eigenvalue weighted by molar-refractivity contribution is 9.10. The van der Waals surface area contributed by atoms with Crippen molar-refractivity contribution in [1.82, 2.24) is 5.32 Å². The maximum atomic E-state index is 3.54. The number of aryl methyl sites for hydroxylation is 1. The fourth-order valence-electron chi connectivity index (χ4n) is 1.78. The summed E-state index contributed by atoms with van der Waals surface area (Å²) in [6.45, 7) is 4.00. The highest BCUT2D eigenvalue weighted by Crippen LogP contribution is 2.23. The molecule has 0 heterocycles. The third-order valence-electron chi connectivity index (χ3n) is 2.55. The van der Waals surface area contributed by atoms with Gasteiger partial charge in [-0.2, -0.15) is 0 Å². The predicted molar refractivity (Wildman–Crippen MR) is 73.4 cm³/mol. The van der Waals surface area contributed by atoms with E-state index in [2.05, 4.69) is 58.2 Å². The summed E-state index contributed by atoms with van der Waals surface area (Å²) >= 11 is 3.54. The Morgan fingerprint density at radius 2 is 2.12 bits per heavy atom. The van der Waals surface area contributed by atoms with Crippen LogP contribution in [0, 0.1) is 18.8 Å². The normalized spacial score (nSPS) is 11.8. The summed E-state index contributed by atoms with van der Waals surface area (Å²) in [6.07, 6.45) is 1.99. The smallest absolute Gasteiger partial charge is 0.0327 e. The van der Waals surface area contributed by atoms with Crippen molar-refractivity contribution in [1.29, 1.82) is 0 Å². The van der Waals surface area contributed by atoms with E-state index < -0.39 is 0 Å². The molecule has 1 N–H and O–H groups in total. The van der Waals surface area contributed by atoms with Crippen molar-refractivity contribution in [2.75, 3.05) is 7.05 Å². The quantitative estimate of drug-likeness (QED) is 0.827. The molecule has 0 amide bonds. The topological polar surface area (TPSA) is 12.0 Å². The SMILES string of the molecule is CC#CCCC(NC)c1cc(C)cc(Br)c1. The molecule has 1 aromatic rings. The van der Waals surface area contributed by atoms with Gasteiger partial charge >= 0.3 is 0 Å². The number of rotatable bonds is 4. The number of halogens is 1. The van der Waals surface area contributed by atoms with Crippen LogP contribution in [-0.4, -0.2) is 7.05 Å². The fraction of sp³-hybridized carbons (Fsp3) is 0.429.